The van der Waals surface area contributed by atoms with E-state index in [0.717, 1.165) is 23.0 Å². The van der Waals surface area contributed by atoms with E-state index in [4.69, 9.17) is 4.42 Å². The van der Waals surface area contributed by atoms with Crippen LogP contribution in [0.25, 0.3) is 11.0 Å². The molecule has 0 spiro atoms. The minimum absolute atomic E-state index is 0.102. The molecule has 0 unspecified atom stereocenters. The van der Waals surface area contributed by atoms with Gasteiger partial charge in [-0.15, -0.1) is 0 Å². The molecule has 1 saturated heterocycles. The van der Waals surface area contributed by atoms with E-state index >= 15 is 0 Å². The van der Waals surface area contributed by atoms with Gasteiger partial charge in [-0.3, -0.25) is 9.59 Å². The second-order valence-corrected chi connectivity index (χ2v) is 8.06. The van der Waals surface area contributed by atoms with Crippen molar-refractivity contribution in [2.24, 2.45) is 5.92 Å². The number of benzene rings is 1. The van der Waals surface area contributed by atoms with Crippen molar-refractivity contribution in [2.45, 2.75) is 47.0 Å². The van der Waals surface area contributed by atoms with Gasteiger partial charge in [0.05, 0.1) is 12.7 Å². The van der Waals surface area contributed by atoms with Crippen LogP contribution in [0.2, 0.25) is 0 Å². The van der Waals surface area contributed by atoms with Crippen molar-refractivity contribution < 1.29 is 14.0 Å². The molecule has 5 nitrogen and oxygen atoms in total. The van der Waals surface area contributed by atoms with Crippen LogP contribution in [-0.4, -0.2) is 47.8 Å². The average molecular weight is 370 g/mol. The third-order valence-electron chi connectivity index (χ3n) is 5.53. The molecule has 0 N–H and O–H groups in total. The van der Waals surface area contributed by atoms with Gasteiger partial charge in [-0.05, 0) is 49.4 Å². The van der Waals surface area contributed by atoms with E-state index in [0.29, 0.717) is 44.9 Å². The summed E-state index contributed by atoms with van der Waals surface area (Å²) in [5, 5.41) is 1.02. The number of fused-ring (bicyclic) bond motifs is 1. The minimum atomic E-state index is 0.102. The number of hydrogen-bond acceptors (Lipinski definition) is 3. The number of nitrogens with zero attached hydrogens (tertiary/aromatic N) is 2. The molecule has 1 aliphatic rings. The predicted molar refractivity (Wildman–Crippen MR) is 107 cm³/mol. The number of rotatable bonds is 5. The summed E-state index contributed by atoms with van der Waals surface area (Å²) in [4.78, 5) is 28.7. The number of aryl methyl sites for hydroxylation is 2. The van der Waals surface area contributed by atoms with Gasteiger partial charge in [-0.25, -0.2) is 0 Å². The van der Waals surface area contributed by atoms with Crippen LogP contribution in [0, 0.1) is 19.8 Å². The van der Waals surface area contributed by atoms with Crippen molar-refractivity contribution in [3.05, 3.63) is 35.1 Å². The van der Waals surface area contributed by atoms with Gasteiger partial charge in [0.25, 0.3) is 0 Å². The van der Waals surface area contributed by atoms with Crippen molar-refractivity contribution >= 4 is 22.8 Å². The van der Waals surface area contributed by atoms with Crippen LogP contribution < -0.4 is 0 Å². The Morgan fingerprint density at radius 2 is 1.59 bits per heavy atom. The molecule has 27 heavy (non-hydrogen) atoms. The summed E-state index contributed by atoms with van der Waals surface area (Å²) >= 11 is 0. The van der Waals surface area contributed by atoms with Gasteiger partial charge in [0.15, 0.2) is 0 Å². The molecular formula is C22H30N2O3. The van der Waals surface area contributed by atoms with E-state index in [2.05, 4.69) is 33.8 Å². The Kier molecular flexibility index (Phi) is 5.88. The van der Waals surface area contributed by atoms with Gasteiger partial charge < -0.3 is 14.2 Å². The molecule has 0 saturated carbocycles. The largest absolute Gasteiger partial charge is 0.464 e. The van der Waals surface area contributed by atoms with Crippen molar-refractivity contribution in [1.29, 1.82) is 0 Å². The van der Waals surface area contributed by atoms with E-state index in [-0.39, 0.29) is 11.8 Å². The molecule has 2 amide bonds. The van der Waals surface area contributed by atoms with Gasteiger partial charge in [-0.1, -0.05) is 13.8 Å². The number of hydrogen-bond donors (Lipinski definition) is 0. The maximum absolute atomic E-state index is 12.7. The fourth-order valence-corrected chi connectivity index (χ4v) is 3.52. The highest BCUT2D eigenvalue weighted by Crippen LogP contribution is 2.25. The molecule has 146 valence electrons. The zero-order chi connectivity index (χ0) is 19.6. The summed E-state index contributed by atoms with van der Waals surface area (Å²) < 4.78 is 5.64. The normalized spacial score (nSPS) is 15.0. The van der Waals surface area contributed by atoms with Crippen LogP contribution in [0.3, 0.4) is 0 Å². The highest BCUT2D eigenvalue weighted by molar-refractivity contribution is 5.88. The number of carbonyl (C=O) groups is 2. The molecule has 1 aromatic heterocycles. The first-order valence-corrected chi connectivity index (χ1v) is 9.88. The first kappa shape index (κ1) is 19.5. The number of amides is 2. The van der Waals surface area contributed by atoms with E-state index in [1.165, 1.54) is 11.1 Å². The van der Waals surface area contributed by atoms with E-state index < -0.39 is 0 Å². The fraction of sp³-hybridized carbons (Fsp3) is 0.545. The van der Waals surface area contributed by atoms with Crippen LogP contribution in [0.5, 0.6) is 0 Å². The van der Waals surface area contributed by atoms with Crippen LogP contribution >= 0.6 is 0 Å². The van der Waals surface area contributed by atoms with E-state index in [1.807, 2.05) is 15.9 Å². The fourth-order valence-electron chi connectivity index (χ4n) is 3.52. The average Bonchev–Trinajstić information content (AvgIpc) is 3.01. The molecule has 1 aliphatic heterocycles. The molecule has 5 heteroatoms. The second-order valence-electron chi connectivity index (χ2n) is 8.06. The summed E-state index contributed by atoms with van der Waals surface area (Å²) in [5.41, 5.74) is 4.16. The first-order valence-electron chi connectivity index (χ1n) is 9.88. The smallest absolute Gasteiger partial charge is 0.227 e. The van der Waals surface area contributed by atoms with Gasteiger partial charge in [0.2, 0.25) is 11.8 Å². The van der Waals surface area contributed by atoms with Crippen LogP contribution in [0.4, 0.5) is 0 Å². The lowest BCUT2D eigenvalue weighted by molar-refractivity contribution is -0.139. The standard InChI is InChI=1S/C22H30N2O3/c1-15(2)5-6-21(25)23-7-9-24(10-8-23)22(26)13-18-14-27-20-12-17(4)16(3)11-19(18)20/h11-12,14-15H,5-10,13H2,1-4H3. The molecular weight excluding hydrogens is 340 g/mol. The summed E-state index contributed by atoms with van der Waals surface area (Å²) in [6.07, 6.45) is 3.57. The van der Waals surface area contributed by atoms with Gasteiger partial charge in [0, 0.05) is 43.5 Å². The lowest BCUT2D eigenvalue weighted by Crippen LogP contribution is -2.51. The van der Waals surface area contributed by atoms with Crippen LogP contribution in [0.1, 0.15) is 43.4 Å². The first-order chi connectivity index (χ1) is 12.8. The molecule has 2 aromatic rings. The molecule has 2 heterocycles. The SMILES string of the molecule is Cc1cc2occ(CC(=O)N3CCN(C(=O)CCC(C)C)CC3)c2cc1C. The molecule has 0 aliphatic carbocycles. The van der Waals surface area contributed by atoms with Crippen molar-refractivity contribution in [1.82, 2.24) is 9.80 Å². The molecule has 1 fully saturated rings. The number of carbonyl (C=O) groups excluding carboxylic acids is 2. The Labute approximate surface area is 161 Å². The van der Waals surface area contributed by atoms with E-state index in [1.54, 1.807) is 6.26 Å². The molecule has 1 aromatic carbocycles. The van der Waals surface area contributed by atoms with Gasteiger partial charge >= 0.3 is 0 Å². The lowest BCUT2D eigenvalue weighted by atomic mass is 10.0. The Morgan fingerprint density at radius 3 is 2.22 bits per heavy atom. The Bertz CT molecular complexity index is 829. The maximum atomic E-state index is 12.7. The third-order valence-corrected chi connectivity index (χ3v) is 5.53. The Hall–Kier alpha value is -2.30. The third kappa shape index (κ3) is 4.52. The van der Waals surface area contributed by atoms with Crippen LogP contribution in [-0.2, 0) is 16.0 Å². The monoisotopic (exact) mass is 370 g/mol. The Morgan fingerprint density at radius 1 is 1.00 bits per heavy atom. The molecule has 0 atom stereocenters. The van der Waals surface area contributed by atoms with Gasteiger partial charge in [0.1, 0.15) is 5.58 Å². The zero-order valence-electron chi connectivity index (χ0n) is 16.9. The van der Waals surface area contributed by atoms with Crippen LogP contribution in [0.15, 0.2) is 22.8 Å². The second kappa shape index (κ2) is 8.15. The van der Waals surface area contributed by atoms with Gasteiger partial charge in [-0.2, -0.15) is 0 Å². The highest BCUT2D eigenvalue weighted by Gasteiger charge is 2.24. The lowest BCUT2D eigenvalue weighted by Gasteiger charge is -2.35. The quantitative estimate of drug-likeness (QED) is 0.806. The summed E-state index contributed by atoms with van der Waals surface area (Å²) in [6.45, 7) is 10.9. The van der Waals surface area contributed by atoms with Crippen molar-refractivity contribution in [3.63, 3.8) is 0 Å². The topological polar surface area (TPSA) is 53.8 Å². The summed E-state index contributed by atoms with van der Waals surface area (Å²) in [5.74, 6) is 0.849. The van der Waals surface area contributed by atoms with E-state index in [9.17, 15) is 9.59 Å². The maximum Gasteiger partial charge on any atom is 0.227 e. The highest BCUT2D eigenvalue weighted by atomic mass is 16.3. The van der Waals surface area contributed by atoms with Crippen molar-refractivity contribution in [3.8, 4) is 0 Å². The number of furan rings is 1. The molecule has 0 bridgehead atoms. The molecule has 3 rings (SSSR count). The summed E-state index contributed by atoms with van der Waals surface area (Å²) in [6, 6.07) is 4.13. The number of piperazine rings is 1. The summed E-state index contributed by atoms with van der Waals surface area (Å²) in [7, 11) is 0. The molecule has 0 radical (unpaired) electrons. The Balaban J connectivity index is 1.57. The minimum Gasteiger partial charge on any atom is -0.464 e. The predicted octanol–water partition coefficient (Wildman–Crippen LogP) is 3.70. The zero-order valence-corrected chi connectivity index (χ0v) is 16.9. The van der Waals surface area contributed by atoms with Crippen molar-refractivity contribution in [2.75, 3.05) is 26.2 Å².